The number of hydrogen-bond donors (Lipinski definition) is 2. The molecule has 3 rings (SSSR count). The van der Waals surface area contributed by atoms with Crippen LogP contribution >= 0.6 is 0 Å². The second-order valence-electron chi connectivity index (χ2n) is 6.42. The van der Waals surface area contributed by atoms with Crippen molar-refractivity contribution in [1.82, 2.24) is 15.1 Å². The van der Waals surface area contributed by atoms with Crippen molar-refractivity contribution in [3.8, 4) is 0 Å². The molecule has 8 nitrogen and oxygen atoms in total. The van der Waals surface area contributed by atoms with Crippen molar-refractivity contribution in [1.29, 1.82) is 0 Å². The number of alkyl halides is 3. The number of nitrogen functional groups attached to an aromatic ring is 1. The quantitative estimate of drug-likeness (QED) is 0.587. The highest BCUT2D eigenvalue weighted by atomic mass is 19.4. The van der Waals surface area contributed by atoms with Crippen LogP contribution in [0, 0.1) is 6.92 Å². The summed E-state index contributed by atoms with van der Waals surface area (Å²) in [7, 11) is 0. The van der Waals surface area contributed by atoms with Gasteiger partial charge in [-0.3, -0.25) is 9.59 Å². The number of Topliss-reactive ketones (excluding diaryl/α,β-unsaturated/α-hetero) is 1. The topological polar surface area (TPSA) is 124 Å². The average molecular weight is 419 g/mol. The number of carbonyl (C=O) groups excluding carboxylic acids is 2. The minimum atomic E-state index is -4.54. The summed E-state index contributed by atoms with van der Waals surface area (Å²) in [5, 5.41) is 6.05. The Bertz CT molecular complexity index is 1100. The molecule has 3 N–H and O–H groups in total. The molecule has 0 aliphatic heterocycles. The molecule has 0 aliphatic carbocycles. The van der Waals surface area contributed by atoms with Crippen LogP contribution in [0.15, 0.2) is 41.2 Å². The summed E-state index contributed by atoms with van der Waals surface area (Å²) in [5.41, 5.74) is 5.15. The van der Waals surface area contributed by atoms with E-state index in [2.05, 4.69) is 20.4 Å². The van der Waals surface area contributed by atoms with Gasteiger partial charge in [0.25, 0.3) is 5.91 Å². The molecule has 0 atom stereocenters. The Morgan fingerprint density at radius 3 is 2.63 bits per heavy atom. The largest absolute Gasteiger partial charge is 0.416 e. The molecule has 156 valence electrons. The zero-order chi connectivity index (χ0) is 21.9. The van der Waals surface area contributed by atoms with Crippen molar-refractivity contribution in [2.24, 2.45) is 0 Å². The average Bonchev–Trinajstić information content (AvgIpc) is 3.16. The Morgan fingerprint density at radius 1 is 1.17 bits per heavy atom. The highest BCUT2D eigenvalue weighted by Gasteiger charge is 2.32. The van der Waals surface area contributed by atoms with E-state index in [9.17, 15) is 22.8 Å². The van der Waals surface area contributed by atoms with Crippen molar-refractivity contribution >= 4 is 23.2 Å². The van der Waals surface area contributed by atoms with Crippen LogP contribution in [0.5, 0.6) is 0 Å². The molecule has 0 radical (unpaired) electrons. The number of nitrogens with two attached hydrogens (primary N) is 1. The molecule has 1 aromatic carbocycles. The van der Waals surface area contributed by atoms with Crippen LogP contribution in [0.4, 0.5) is 24.7 Å². The fourth-order valence-electron chi connectivity index (χ4n) is 2.63. The van der Waals surface area contributed by atoms with E-state index in [0.717, 1.165) is 6.07 Å². The number of nitrogens with one attached hydrogen (secondary N) is 1. The summed E-state index contributed by atoms with van der Waals surface area (Å²) in [6, 6.07) is 6.12. The fourth-order valence-corrected chi connectivity index (χ4v) is 2.63. The predicted octanol–water partition coefficient (Wildman–Crippen LogP) is 3.44. The molecule has 0 spiro atoms. The molecule has 30 heavy (non-hydrogen) atoms. The van der Waals surface area contributed by atoms with E-state index in [0.29, 0.717) is 5.69 Å². The number of amides is 1. The first-order valence-corrected chi connectivity index (χ1v) is 8.69. The van der Waals surface area contributed by atoms with E-state index in [1.54, 1.807) is 0 Å². The first kappa shape index (κ1) is 21.0. The van der Waals surface area contributed by atoms with Gasteiger partial charge in [0.15, 0.2) is 5.78 Å². The first-order chi connectivity index (χ1) is 14.1. The molecular weight excluding hydrogens is 403 g/mol. The standard InChI is InChI=1S/C19H16F3N5O3/c1-10-2-3-11(6-13(10)19(20,21)22)26-18(29)16-7-12(27-30-16)4-5-15(28)14-8-17(23)25-9-24-14/h2-3,6-9H,4-5H2,1H3,(H,26,29)(H2,23,24,25). The van der Waals surface area contributed by atoms with Gasteiger partial charge in [0.1, 0.15) is 17.8 Å². The number of carbonyl (C=O) groups is 2. The molecule has 0 bridgehead atoms. The van der Waals surface area contributed by atoms with E-state index in [1.165, 1.54) is 37.5 Å². The van der Waals surface area contributed by atoms with Crippen LogP contribution in [-0.2, 0) is 12.6 Å². The summed E-state index contributed by atoms with van der Waals surface area (Å²) in [5.74, 6) is -1.09. The van der Waals surface area contributed by atoms with Gasteiger partial charge in [0.2, 0.25) is 5.76 Å². The number of aryl methyl sites for hydroxylation is 2. The Kier molecular flexibility index (Phi) is 5.81. The van der Waals surface area contributed by atoms with Crippen molar-refractivity contribution in [2.75, 3.05) is 11.1 Å². The SMILES string of the molecule is Cc1ccc(NC(=O)c2cc(CCC(=O)c3cc(N)ncn3)no2)cc1C(F)(F)F. The minimum Gasteiger partial charge on any atom is -0.384 e. The van der Waals surface area contributed by atoms with Gasteiger partial charge in [-0.25, -0.2) is 9.97 Å². The summed E-state index contributed by atoms with van der Waals surface area (Å²) < 4.78 is 43.9. The Labute approximate surface area is 168 Å². The Morgan fingerprint density at radius 2 is 1.93 bits per heavy atom. The number of halogens is 3. The molecule has 1 amide bonds. The van der Waals surface area contributed by atoms with Crippen LogP contribution in [-0.4, -0.2) is 26.8 Å². The number of benzene rings is 1. The lowest BCUT2D eigenvalue weighted by molar-refractivity contribution is -0.138. The van der Waals surface area contributed by atoms with Crippen LogP contribution in [0.1, 0.15) is 44.3 Å². The zero-order valence-electron chi connectivity index (χ0n) is 15.7. The number of nitrogens with zero attached hydrogens (tertiary/aromatic N) is 3. The van der Waals surface area contributed by atoms with E-state index in [4.69, 9.17) is 10.3 Å². The lowest BCUT2D eigenvalue weighted by Gasteiger charge is -2.12. The molecule has 3 aromatic rings. The second-order valence-corrected chi connectivity index (χ2v) is 6.42. The molecular formula is C19H16F3N5O3. The van der Waals surface area contributed by atoms with E-state index in [1.807, 2.05) is 0 Å². The lowest BCUT2D eigenvalue weighted by atomic mass is 10.1. The number of hydrogen-bond acceptors (Lipinski definition) is 7. The van der Waals surface area contributed by atoms with Gasteiger partial charge < -0.3 is 15.6 Å². The van der Waals surface area contributed by atoms with Gasteiger partial charge in [-0.2, -0.15) is 13.2 Å². The number of aromatic nitrogens is 3. The third kappa shape index (κ3) is 4.99. The van der Waals surface area contributed by atoms with E-state index < -0.39 is 17.6 Å². The van der Waals surface area contributed by atoms with Gasteiger partial charge in [-0.1, -0.05) is 11.2 Å². The molecule has 2 heterocycles. The Hall–Kier alpha value is -3.76. The highest BCUT2D eigenvalue weighted by Crippen LogP contribution is 2.33. The van der Waals surface area contributed by atoms with Crippen LogP contribution in [0.25, 0.3) is 0 Å². The van der Waals surface area contributed by atoms with E-state index in [-0.39, 0.29) is 47.1 Å². The lowest BCUT2D eigenvalue weighted by Crippen LogP contribution is -2.13. The molecule has 0 aliphatic rings. The fraction of sp³-hybridized carbons (Fsp3) is 0.211. The number of ketones is 1. The summed E-state index contributed by atoms with van der Waals surface area (Å²) >= 11 is 0. The summed E-state index contributed by atoms with van der Waals surface area (Å²) in [6.45, 7) is 1.33. The number of rotatable bonds is 6. The monoisotopic (exact) mass is 419 g/mol. The van der Waals surface area contributed by atoms with Crippen LogP contribution < -0.4 is 11.1 Å². The molecule has 0 fully saturated rings. The number of anilines is 2. The second kappa shape index (κ2) is 8.31. The van der Waals surface area contributed by atoms with Crippen molar-refractivity contribution in [3.63, 3.8) is 0 Å². The first-order valence-electron chi connectivity index (χ1n) is 8.69. The van der Waals surface area contributed by atoms with E-state index >= 15 is 0 Å². The highest BCUT2D eigenvalue weighted by molar-refractivity contribution is 6.02. The molecule has 11 heteroatoms. The maximum absolute atomic E-state index is 13.0. The summed E-state index contributed by atoms with van der Waals surface area (Å²) in [4.78, 5) is 31.9. The zero-order valence-corrected chi connectivity index (χ0v) is 15.7. The minimum absolute atomic E-state index is 0.0348. The Balaban J connectivity index is 1.63. The summed E-state index contributed by atoms with van der Waals surface area (Å²) in [6.07, 6.45) is -3.15. The van der Waals surface area contributed by atoms with Gasteiger partial charge in [-0.05, 0) is 24.6 Å². The van der Waals surface area contributed by atoms with Gasteiger partial charge in [0, 0.05) is 30.7 Å². The molecule has 2 aromatic heterocycles. The van der Waals surface area contributed by atoms with Crippen molar-refractivity contribution < 1.29 is 27.3 Å². The molecule has 0 unspecified atom stereocenters. The maximum Gasteiger partial charge on any atom is 0.416 e. The predicted molar refractivity (Wildman–Crippen MR) is 99.7 cm³/mol. The van der Waals surface area contributed by atoms with Crippen molar-refractivity contribution in [3.05, 3.63) is 64.9 Å². The van der Waals surface area contributed by atoms with Gasteiger partial charge in [-0.15, -0.1) is 0 Å². The molecule has 0 saturated carbocycles. The van der Waals surface area contributed by atoms with Gasteiger partial charge in [0.05, 0.1) is 11.3 Å². The maximum atomic E-state index is 13.0. The normalized spacial score (nSPS) is 11.3. The third-order valence-electron chi connectivity index (χ3n) is 4.17. The smallest absolute Gasteiger partial charge is 0.384 e. The third-order valence-corrected chi connectivity index (χ3v) is 4.17. The van der Waals surface area contributed by atoms with Crippen LogP contribution in [0.3, 0.4) is 0 Å². The van der Waals surface area contributed by atoms with Crippen molar-refractivity contribution in [2.45, 2.75) is 25.9 Å². The van der Waals surface area contributed by atoms with Gasteiger partial charge >= 0.3 is 6.18 Å². The van der Waals surface area contributed by atoms with Crippen LogP contribution in [0.2, 0.25) is 0 Å². The molecule has 0 saturated heterocycles.